The Morgan fingerprint density at radius 2 is 1.61 bits per heavy atom. The van der Waals surface area contributed by atoms with Crippen LogP contribution >= 0.6 is 0 Å². The number of rotatable bonds is 17. The number of amides is 1. The molecule has 0 aromatic carbocycles. The molecule has 0 aliphatic rings. The number of nitrogens with one attached hydrogen (secondary N) is 1. The van der Waals surface area contributed by atoms with E-state index in [-0.39, 0.29) is 17.6 Å². The second kappa shape index (κ2) is 14.5. The van der Waals surface area contributed by atoms with E-state index in [1.165, 1.54) is 0 Å². The number of aliphatic hydroxyl groups excluding tert-OH is 1. The Kier molecular flexibility index (Phi) is 13.7. The molecule has 0 saturated heterocycles. The van der Waals surface area contributed by atoms with Crippen LogP contribution in [0.2, 0.25) is 0 Å². The van der Waals surface area contributed by atoms with E-state index < -0.39 is 17.7 Å². The fraction of sp³-hybridized carbons (Fsp3) is 0.833. The van der Waals surface area contributed by atoms with Crippen LogP contribution in [0, 0.1) is 5.41 Å². The molecule has 0 radical (unpaired) electrons. The highest BCUT2D eigenvalue weighted by atomic mass is 16.6. The Balaban J connectivity index is 4.13. The number of unbranched alkanes of at least 4 members (excludes halogenated alkanes) is 3. The van der Waals surface area contributed by atoms with Crippen molar-refractivity contribution in [1.29, 1.82) is 0 Å². The van der Waals surface area contributed by atoms with Crippen LogP contribution in [-0.2, 0) is 19.0 Å². The Bertz CT molecular complexity index is 542. The lowest BCUT2D eigenvalue weighted by molar-refractivity contribution is -0.137. The minimum atomic E-state index is -0.639. The first-order chi connectivity index (χ1) is 14.4. The van der Waals surface area contributed by atoms with Crippen LogP contribution < -0.4 is 5.32 Å². The van der Waals surface area contributed by atoms with Crippen LogP contribution in [0.15, 0.2) is 12.7 Å². The molecule has 7 heteroatoms. The molecule has 1 amide bonds. The summed E-state index contributed by atoms with van der Waals surface area (Å²) in [5.74, 6) is -0.415. The van der Waals surface area contributed by atoms with E-state index in [9.17, 15) is 9.59 Å². The fourth-order valence-corrected chi connectivity index (χ4v) is 2.89. The zero-order chi connectivity index (χ0) is 24.0. The summed E-state index contributed by atoms with van der Waals surface area (Å²) in [6.07, 6.45) is 6.39. The van der Waals surface area contributed by atoms with Gasteiger partial charge in [0.05, 0.1) is 18.8 Å². The number of aliphatic hydroxyl groups is 1. The van der Waals surface area contributed by atoms with Gasteiger partial charge in [-0.2, -0.15) is 0 Å². The maximum Gasteiger partial charge on any atom is 0.407 e. The van der Waals surface area contributed by atoms with Gasteiger partial charge in [0, 0.05) is 25.6 Å². The number of hydrogen-bond acceptors (Lipinski definition) is 6. The highest BCUT2D eigenvalue weighted by Crippen LogP contribution is 2.38. The topological polar surface area (TPSA) is 94.1 Å². The molecule has 31 heavy (non-hydrogen) atoms. The molecule has 0 aliphatic carbocycles. The zero-order valence-electron chi connectivity index (χ0n) is 20.6. The maximum atomic E-state index is 12.1. The molecule has 0 aromatic heterocycles. The largest absolute Gasteiger partial charge is 0.463 e. The van der Waals surface area contributed by atoms with Gasteiger partial charge in [0.2, 0.25) is 0 Å². The minimum absolute atomic E-state index is 0.0332. The fourth-order valence-electron chi connectivity index (χ4n) is 2.89. The van der Waals surface area contributed by atoms with Gasteiger partial charge in [-0.25, -0.2) is 9.59 Å². The van der Waals surface area contributed by atoms with Gasteiger partial charge < -0.3 is 24.6 Å². The van der Waals surface area contributed by atoms with Crippen molar-refractivity contribution >= 4 is 12.1 Å². The normalized spacial score (nSPS) is 12.4. The van der Waals surface area contributed by atoms with Crippen LogP contribution in [0.3, 0.4) is 0 Å². The Labute approximate surface area is 188 Å². The number of esters is 1. The smallest absolute Gasteiger partial charge is 0.407 e. The highest BCUT2D eigenvalue weighted by molar-refractivity contribution is 5.81. The van der Waals surface area contributed by atoms with Crippen molar-refractivity contribution < 1.29 is 28.9 Å². The molecule has 0 aliphatic heterocycles. The van der Waals surface area contributed by atoms with Gasteiger partial charge in [-0.1, -0.05) is 26.8 Å². The van der Waals surface area contributed by atoms with E-state index in [0.717, 1.165) is 44.6 Å². The molecule has 0 saturated carbocycles. The number of carbonyl (C=O) groups is 2. The second-order valence-electron chi connectivity index (χ2n) is 9.68. The Morgan fingerprint density at radius 3 is 2.23 bits per heavy atom. The lowest BCUT2D eigenvalue weighted by Crippen LogP contribution is -2.43. The Morgan fingerprint density at radius 1 is 0.935 bits per heavy atom. The summed E-state index contributed by atoms with van der Waals surface area (Å²) in [6, 6.07) is 0. The van der Waals surface area contributed by atoms with Crippen molar-refractivity contribution in [3.8, 4) is 0 Å². The van der Waals surface area contributed by atoms with E-state index >= 15 is 0 Å². The molecule has 2 N–H and O–H groups in total. The molecule has 0 heterocycles. The summed E-state index contributed by atoms with van der Waals surface area (Å²) in [5, 5.41) is 11.8. The van der Waals surface area contributed by atoms with Crippen LogP contribution in [0.1, 0.15) is 86.5 Å². The molecule has 0 spiro atoms. The molecule has 0 bridgehead atoms. The first-order valence-electron chi connectivity index (χ1n) is 11.4. The number of ether oxygens (including phenoxy) is 3. The highest BCUT2D eigenvalue weighted by Gasteiger charge is 2.37. The van der Waals surface area contributed by atoms with E-state index in [4.69, 9.17) is 19.3 Å². The Hall–Kier alpha value is -1.60. The maximum absolute atomic E-state index is 12.1. The standard InChI is InChI=1S/C24H45NO6/c1-8-20(27)29-18-13-9-11-16-25-21(28)31-23(4,5)15-19-30-24(6,7)22(2,3)14-10-12-17-26/h8,26H,1,9-19H2,2-7H3,(H,25,28). The summed E-state index contributed by atoms with van der Waals surface area (Å²) in [5.41, 5.74) is -1.00. The monoisotopic (exact) mass is 443 g/mol. The molecule has 182 valence electrons. The van der Waals surface area contributed by atoms with Crippen LogP contribution in [0.4, 0.5) is 4.79 Å². The van der Waals surface area contributed by atoms with Crippen molar-refractivity contribution in [2.75, 3.05) is 26.4 Å². The first-order valence-corrected chi connectivity index (χ1v) is 11.4. The third-order valence-corrected chi connectivity index (χ3v) is 5.88. The first kappa shape index (κ1) is 29.4. The second-order valence-corrected chi connectivity index (χ2v) is 9.68. The molecule has 0 unspecified atom stereocenters. The summed E-state index contributed by atoms with van der Waals surface area (Å²) >= 11 is 0. The summed E-state index contributed by atoms with van der Waals surface area (Å²) in [4.78, 5) is 23.0. The molecule has 0 rings (SSSR count). The number of hydrogen-bond donors (Lipinski definition) is 2. The van der Waals surface area contributed by atoms with Gasteiger partial charge in [0.1, 0.15) is 5.60 Å². The van der Waals surface area contributed by atoms with E-state index in [1.807, 2.05) is 13.8 Å². The quantitative estimate of drug-likeness (QED) is 0.191. The van der Waals surface area contributed by atoms with Gasteiger partial charge in [-0.3, -0.25) is 0 Å². The van der Waals surface area contributed by atoms with E-state index in [0.29, 0.717) is 26.2 Å². The van der Waals surface area contributed by atoms with Gasteiger partial charge in [0.25, 0.3) is 0 Å². The van der Waals surface area contributed by atoms with Crippen LogP contribution in [0.25, 0.3) is 0 Å². The van der Waals surface area contributed by atoms with Gasteiger partial charge >= 0.3 is 12.1 Å². The summed E-state index contributed by atoms with van der Waals surface area (Å²) in [7, 11) is 0. The summed E-state index contributed by atoms with van der Waals surface area (Å²) < 4.78 is 16.6. The SMILES string of the molecule is C=CC(=O)OCCCCCNC(=O)OC(C)(C)CCOC(C)(C)C(C)(C)CCCCO. The third kappa shape index (κ3) is 13.4. The van der Waals surface area contributed by atoms with Gasteiger partial charge in [-0.15, -0.1) is 0 Å². The zero-order valence-corrected chi connectivity index (χ0v) is 20.6. The molecule has 7 nitrogen and oxygen atoms in total. The predicted octanol–water partition coefficient (Wildman–Crippen LogP) is 4.76. The molecule has 0 fully saturated rings. The van der Waals surface area contributed by atoms with Crippen molar-refractivity contribution in [3.63, 3.8) is 0 Å². The molecule has 0 aromatic rings. The van der Waals surface area contributed by atoms with Gasteiger partial charge in [-0.05, 0) is 65.2 Å². The van der Waals surface area contributed by atoms with Crippen molar-refractivity contribution in [2.45, 2.75) is 97.7 Å². The molecular weight excluding hydrogens is 398 g/mol. The lowest BCUT2D eigenvalue weighted by Gasteiger charge is -2.42. The minimum Gasteiger partial charge on any atom is -0.463 e. The van der Waals surface area contributed by atoms with E-state index in [1.54, 1.807) is 0 Å². The molecular formula is C24H45NO6. The number of alkyl carbamates (subject to hydrolysis) is 1. The average Bonchev–Trinajstić information content (AvgIpc) is 2.66. The van der Waals surface area contributed by atoms with Crippen LogP contribution in [0.5, 0.6) is 0 Å². The van der Waals surface area contributed by atoms with Crippen molar-refractivity contribution in [1.82, 2.24) is 5.32 Å². The summed E-state index contributed by atoms with van der Waals surface area (Å²) in [6.45, 7) is 17.2. The number of carbonyl (C=O) groups excluding carboxylic acids is 2. The van der Waals surface area contributed by atoms with Gasteiger partial charge in [0.15, 0.2) is 0 Å². The third-order valence-electron chi connectivity index (χ3n) is 5.88. The molecule has 0 atom stereocenters. The van der Waals surface area contributed by atoms with Crippen molar-refractivity contribution in [2.24, 2.45) is 5.41 Å². The van der Waals surface area contributed by atoms with E-state index in [2.05, 4.69) is 39.6 Å². The average molecular weight is 444 g/mol. The van der Waals surface area contributed by atoms with Crippen molar-refractivity contribution in [3.05, 3.63) is 12.7 Å². The van der Waals surface area contributed by atoms with Crippen LogP contribution in [-0.4, -0.2) is 54.7 Å². The predicted molar refractivity (Wildman–Crippen MR) is 123 cm³/mol. The lowest BCUT2D eigenvalue weighted by atomic mass is 9.73.